The molecule has 0 spiro atoms. The van der Waals surface area contributed by atoms with Gasteiger partial charge in [-0.15, -0.1) is 0 Å². The minimum Gasteiger partial charge on any atom is -0.318 e. The molecule has 2 N–H and O–H groups in total. The Bertz CT molecular complexity index is 985. The zero-order valence-corrected chi connectivity index (χ0v) is 18.2. The lowest BCUT2D eigenvalue weighted by atomic mass is 9.95. The highest BCUT2D eigenvalue weighted by atomic mass is 19.4. The number of likely N-dealkylation sites (N-methyl/N-ethyl adjacent to an activating group) is 1. The Hall–Kier alpha value is -2.70. The second-order valence-electron chi connectivity index (χ2n) is 8.00. The SMILES string of the molecule is CNC[C@H](N[C@H](CCc1ccc(C(F)(F)F)cc1)c1cc(C)ccc1F)c1ccccc1. The minimum atomic E-state index is -4.36. The van der Waals surface area contributed by atoms with Crippen LogP contribution in [0, 0.1) is 12.7 Å². The summed E-state index contributed by atoms with van der Waals surface area (Å²) in [5, 5.41) is 6.76. The number of nitrogens with one attached hydrogen (secondary N) is 2. The van der Waals surface area contributed by atoms with Gasteiger partial charge in [-0.05, 0) is 56.1 Å². The van der Waals surface area contributed by atoms with Gasteiger partial charge in [0.25, 0.3) is 0 Å². The van der Waals surface area contributed by atoms with Crippen molar-refractivity contribution >= 4 is 0 Å². The quantitative estimate of drug-likeness (QED) is 0.375. The van der Waals surface area contributed by atoms with Crippen LogP contribution in [0.3, 0.4) is 0 Å². The molecule has 0 aliphatic heterocycles. The second-order valence-corrected chi connectivity index (χ2v) is 8.00. The molecule has 3 rings (SSSR count). The molecule has 0 saturated carbocycles. The number of halogens is 4. The van der Waals surface area contributed by atoms with E-state index in [9.17, 15) is 17.6 Å². The van der Waals surface area contributed by atoms with Gasteiger partial charge in [-0.25, -0.2) is 4.39 Å². The maximum Gasteiger partial charge on any atom is 0.416 e. The van der Waals surface area contributed by atoms with Gasteiger partial charge in [0.05, 0.1) is 5.56 Å². The summed E-state index contributed by atoms with van der Waals surface area (Å²) in [5.41, 5.74) is 2.71. The first-order valence-corrected chi connectivity index (χ1v) is 10.7. The Morgan fingerprint density at radius 1 is 0.875 bits per heavy atom. The van der Waals surface area contributed by atoms with Crippen molar-refractivity contribution in [3.63, 3.8) is 0 Å². The number of aryl methyl sites for hydroxylation is 2. The van der Waals surface area contributed by atoms with Crippen molar-refractivity contribution in [1.29, 1.82) is 0 Å². The highest BCUT2D eigenvalue weighted by Gasteiger charge is 2.30. The van der Waals surface area contributed by atoms with Gasteiger partial charge in [-0.1, -0.05) is 60.2 Å². The molecule has 0 aliphatic rings. The maximum absolute atomic E-state index is 14.8. The number of alkyl halides is 3. The largest absolute Gasteiger partial charge is 0.416 e. The third-order valence-corrected chi connectivity index (χ3v) is 5.54. The smallest absolute Gasteiger partial charge is 0.318 e. The first kappa shape index (κ1) is 24.0. The van der Waals surface area contributed by atoms with Crippen LogP contribution in [0.25, 0.3) is 0 Å². The summed E-state index contributed by atoms with van der Waals surface area (Å²) < 4.78 is 53.4. The molecule has 0 radical (unpaired) electrons. The van der Waals surface area contributed by atoms with E-state index >= 15 is 0 Å². The summed E-state index contributed by atoms with van der Waals surface area (Å²) >= 11 is 0. The molecular formula is C26H28F4N2. The summed E-state index contributed by atoms with van der Waals surface area (Å²) in [7, 11) is 1.86. The topological polar surface area (TPSA) is 24.1 Å². The molecule has 0 aliphatic carbocycles. The van der Waals surface area contributed by atoms with Crippen LogP contribution in [0.4, 0.5) is 17.6 Å². The molecule has 0 fully saturated rings. The molecule has 0 unspecified atom stereocenters. The van der Waals surface area contributed by atoms with Crippen LogP contribution in [0.15, 0.2) is 72.8 Å². The van der Waals surface area contributed by atoms with Crippen molar-refractivity contribution in [1.82, 2.24) is 10.6 Å². The van der Waals surface area contributed by atoms with Crippen LogP contribution in [-0.4, -0.2) is 13.6 Å². The van der Waals surface area contributed by atoms with Crippen LogP contribution in [0.2, 0.25) is 0 Å². The molecule has 170 valence electrons. The number of hydrogen-bond acceptors (Lipinski definition) is 2. The fourth-order valence-corrected chi connectivity index (χ4v) is 3.84. The van der Waals surface area contributed by atoms with Crippen LogP contribution in [-0.2, 0) is 12.6 Å². The molecule has 3 aromatic carbocycles. The van der Waals surface area contributed by atoms with Crippen molar-refractivity contribution < 1.29 is 17.6 Å². The van der Waals surface area contributed by atoms with Gasteiger partial charge < -0.3 is 10.6 Å². The minimum absolute atomic E-state index is 0.0567. The molecule has 0 amide bonds. The second kappa shape index (κ2) is 10.7. The number of rotatable bonds is 9. The molecule has 6 heteroatoms. The molecule has 0 heterocycles. The molecule has 3 aromatic rings. The number of benzene rings is 3. The van der Waals surface area contributed by atoms with E-state index in [0.29, 0.717) is 24.9 Å². The molecule has 2 nitrogen and oxygen atoms in total. The van der Waals surface area contributed by atoms with Gasteiger partial charge in [-0.2, -0.15) is 13.2 Å². The molecular weight excluding hydrogens is 416 g/mol. The van der Waals surface area contributed by atoms with Crippen molar-refractivity contribution in [2.24, 2.45) is 0 Å². The van der Waals surface area contributed by atoms with Crippen LogP contribution >= 0.6 is 0 Å². The standard InChI is InChI=1S/C26H28F4N2/c1-18-8-14-23(27)22(16-18)24(32-25(17-31-2)20-6-4-3-5-7-20)15-11-19-9-12-21(13-10-19)26(28,29)30/h3-10,12-14,16,24-25,31-32H,11,15,17H2,1-2H3/t24-,25+/m1/s1. The number of hydrogen-bond donors (Lipinski definition) is 2. The predicted octanol–water partition coefficient (Wildman–Crippen LogP) is 6.38. The van der Waals surface area contributed by atoms with Gasteiger partial charge in [0.1, 0.15) is 5.82 Å². The fraction of sp³-hybridized carbons (Fsp3) is 0.308. The van der Waals surface area contributed by atoms with E-state index in [4.69, 9.17) is 0 Å². The molecule has 0 saturated heterocycles. The van der Waals surface area contributed by atoms with Gasteiger partial charge in [0.2, 0.25) is 0 Å². The lowest BCUT2D eigenvalue weighted by Gasteiger charge is -2.27. The first-order chi connectivity index (χ1) is 15.3. The highest BCUT2D eigenvalue weighted by Crippen LogP contribution is 2.30. The van der Waals surface area contributed by atoms with Crippen LogP contribution < -0.4 is 10.6 Å². The Kier molecular flexibility index (Phi) is 8.04. The van der Waals surface area contributed by atoms with Gasteiger partial charge in [-0.3, -0.25) is 0 Å². The lowest BCUT2D eigenvalue weighted by molar-refractivity contribution is -0.137. The summed E-state index contributed by atoms with van der Waals surface area (Å²) in [4.78, 5) is 0. The van der Waals surface area contributed by atoms with E-state index in [0.717, 1.165) is 28.8 Å². The third kappa shape index (κ3) is 6.40. The fourth-order valence-electron chi connectivity index (χ4n) is 3.84. The average molecular weight is 445 g/mol. The highest BCUT2D eigenvalue weighted by molar-refractivity contribution is 5.29. The van der Waals surface area contributed by atoms with Gasteiger partial charge in [0.15, 0.2) is 0 Å². The van der Waals surface area contributed by atoms with E-state index in [2.05, 4.69) is 10.6 Å². The van der Waals surface area contributed by atoms with Crippen molar-refractivity contribution in [2.75, 3.05) is 13.6 Å². The third-order valence-electron chi connectivity index (χ3n) is 5.54. The molecule has 0 bridgehead atoms. The molecule has 0 aromatic heterocycles. The van der Waals surface area contributed by atoms with Crippen LogP contribution in [0.5, 0.6) is 0 Å². The summed E-state index contributed by atoms with van der Waals surface area (Å²) in [6.07, 6.45) is -3.30. The van der Waals surface area contributed by atoms with Crippen LogP contribution in [0.1, 0.15) is 46.3 Å². The Morgan fingerprint density at radius 2 is 1.56 bits per heavy atom. The maximum atomic E-state index is 14.8. The Balaban J connectivity index is 1.84. The van der Waals surface area contributed by atoms with E-state index in [1.54, 1.807) is 6.07 Å². The monoisotopic (exact) mass is 444 g/mol. The van der Waals surface area contributed by atoms with Crippen molar-refractivity contribution in [2.45, 2.75) is 38.0 Å². The average Bonchev–Trinajstić information content (AvgIpc) is 2.78. The summed E-state index contributed by atoms with van der Waals surface area (Å²) in [5.74, 6) is -0.295. The Labute approximate surface area is 186 Å². The van der Waals surface area contributed by atoms with E-state index < -0.39 is 11.7 Å². The van der Waals surface area contributed by atoms with Crippen molar-refractivity contribution in [3.05, 3.63) is 106 Å². The van der Waals surface area contributed by atoms with Gasteiger partial charge in [0, 0.05) is 24.2 Å². The summed E-state index contributed by atoms with van der Waals surface area (Å²) in [6.45, 7) is 2.56. The normalized spacial score (nSPS) is 13.7. The first-order valence-electron chi connectivity index (χ1n) is 10.7. The van der Waals surface area contributed by atoms with E-state index in [1.165, 1.54) is 18.2 Å². The zero-order chi connectivity index (χ0) is 23.1. The molecule has 32 heavy (non-hydrogen) atoms. The molecule has 2 atom stereocenters. The lowest BCUT2D eigenvalue weighted by Crippen LogP contribution is -2.33. The van der Waals surface area contributed by atoms with E-state index in [1.807, 2.05) is 50.4 Å². The van der Waals surface area contributed by atoms with E-state index in [-0.39, 0.29) is 17.9 Å². The van der Waals surface area contributed by atoms with Gasteiger partial charge >= 0.3 is 6.18 Å². The Morgan fingerprint density at radius 3 is 2.19 bits per heavy atom. The van der Waals surface area contributed by atoms with Crippen molar-refractivity contribution in [3.8, 4) is 0 Å². The predicted molar refractivity (Wildman–Crippen MR) is 120 cm³/mol. The summed E-state index contributed by atoms with van der Waals surface area (Å²) in [6, 6.07) is 19.8. The zero-order valence-electron chi connectivity index (χ0n) is 18.2.